The Kier molecular flexibility index (Phi) is 7.26. The van der Waals surface area contributed by atoms with Gasteiger partial charge in [0.05, 0.1) is 18.6 Å². The number of carbonyl (C=O) groups excluding carboxylic acids is 1. The molecule has 1 amide bonds. The Hall–Kier alpha value is -2.06. The molecule has 2 aromatic rings. The van der Waals surface area contributed by atoms with E-state index in [0.29, 0.717) is 18.0 Å². The number of sulfonamides is 1. The molecule has 0 unspecified atom stereocenters. The first-order valence-electron chi connectivity index (χ1n) is 8.43. The first kappa shape index (κ1) is 21.2. The lowest BCUT2D eigenvalue weighted by atomic mass is 10.2. The summed E-state index contributed by atoms with van der Waals surface area (Å²) in [6.07, 6.45) is 1.09. The van der Waals surface area contributed by atoms with Gasteiger partial charge in [-0.3, -0.25) is 9.10 Å². The van der Waals surface area contributed by atoms with Gasteiger partial charge in [-0.25, -0.2) is 8.42 Å². The normalized spacial score (nSPS) is 11.1. The van der Waals surface area contributed by atoms with E-state index in [-0.39, 0.29) is 13.1 Å². The Morgan fingerprint density at radius 3 is 2.56 bits per heavy atom. The number of halogens is 1. The molecule has 2 aromatic carbocycles. The van der Waals surface area contributed by atoms with Gasteiger partial charge in [0.15, 0.2) is 0 Å². The predicted molar refractivity (Wildman–Crippen MR) is 111 cm³/mol. The fourth-order valence-electron chi connectivity index (χ4n) is 2.51. The molecule has 0 radical (unpaired) electrons. The third-order valence-corrected chi connectivity index (χ3v) is 5.90. The smallest absolute Gasteiger partial charge is 0.241 e. The fourth-order valence-corrected chi connectivity index (χ4v) is 3.61. The number of nitrogens with zero attached hydrogens (tertiary/aromatic N) is 1. The third kappa shape index (κ3) is 5.97. The number of aryl methyl sites for hydroxylation is 1. The van der Waals surface area contributed by atoms with E-state index in [4.69, 9.17) is 4.74 Å². The number of hydrogen-bond donors (Lipinski definition) is 1. The Labute approximate surface area is 168 Å². The van der Waals surface area contributed by atoms with Gasteiger partial charge in [-0.05, 0) is 43.7 Å². The van der Waals surface area contributed by atoms with Crippen LogP contribution in [0.5, 0.6) is 5.75 Å². The third-order valence-electron chi connectivity index (χ3n) is 3.87. The standard InChI is InChI=1S/C19H23BrN2O4S/c1-4-26-18-8-6-5-7-15(18)12-21-19(23)13-22(27(3,24)25)16-9-10-17(20)14(2)11-16/h5-11H,4,12-13H2,1-3H3,(H,21,23). The number of para-hydroxylation sites is 1. The number of hydrogen-bond acceptors (Lipinski definition) is 4. The molecule has 27 heavy (non-hydrogen) atoms. The molecule has 0 saturated heterocycles. The quantitative estimate of drug-likeness (QED) is 0.663. The van der Waals surface area contributed by atoms with Crippen LogP contribution in [-0.2, 0) is 21.4 Å². The molecule has 2 rings (SSSR count). The number of amides is 1. The lowest BCUT2D eigenvalue weighted by molar-refractivity contribution is -0.119. The van der Waals surface area contributed by atoms with Crippen LogP contribution in [0.2, 0.25) is 0 Å². The maximum Gasteiger partial charge on any atom is 0.241 e. The Balaban J connectivity index is 2.12. The van der Waals surface area contributed by atoms with E-state index in [0.717, 1.165) is 26.2 Å². The highest BCUT2D eigenvalue weighted by Crippen LogP contribution is 2.24. The van der Waals surface area contributed by atoms with Crippen molar-refractivity contribution in [1.29, 1.82) is 0 Å². The van der Waals surface area contributed by atoms with Crippen molar-refractivity contribution in [3.63, 3.8) is 0 Å². The van der Waals surface area contributed by atoms with Crippen molar-refractivity contribution in [3.8, 4) is 5.75 Å². The summed E-state index contributed by atoms with van der Waals surface area (Å²) >= 11 is 3.39. The van der Waals surface area contributed by atoms with Gasteiger partial charge >= 0.3 is 0 Å². The summed E-state index contributed by atoms with van der Waals surface area (Å²) in [4.78, 5) is 12.4. The molecule has 8 heteroatoms. The van der Waals surface area contributed by atoms with Crippen LogP contribution in [0, 0.1) is 6.92 Å². The molecule has 0 aromatic heterocycles. The monoisotopic (exact) mass is 454 g/mol. The fraction of sp³-hybridized carbons (Fsp3) is 0.316. The maximum atomic E-state index is 12.4. The number of rotatable bonds is 8. The number of nitrogens with one attached hydrogen (secondary N) is 1. The molecule has 0 fully saturated rings. The number of anilines is 1. The lowest BCUT2D eigenvalue weighted by Gasteiger charge is -2.22. The summed E-state index contributed by atoms with van der Waals surface area (Å²) in [6, 6.07) is 12.6. The highest BCUT2D eigenvalue weighted by molar-refractivity contribution is 9.10. The summed E-state index contributed by atoms with van der Waals surface area (Å²) in [6.45, 7) is 4.23. The first-order valence-corrected chi connectivity index (χ1v) is 11.1. The van der Waals surface area contributed by atoms with Gasteiger partial charge in [0.1, 0.15) is 12.3 Å². The SMILES string of the molecule is CCOc1ccccc1CNC(=O)CN(c1ccc(Br)c(C)c1)S(C)(=O)=O. The van der Waals surface area contributed by atoms with E-state index < -0.39 is 15.9 Å². The van der Waals surface area contributed by atoms with Crippen LogP contribution in [0.15, 0.2) is 46.9 Å². The van der Waals surface area contributed by atoms with E-state index in [1.165, 1.54) is 0 Å². The van der Waals surface area contributed by atoms with Crippen molar-refractivity contribution >= 4 is 37.5 Å². The maximum absolute atomic E-state index is 12.4. The second-order valence-electron chi connectivity index (χ2n) is 6.02. The highest BCUT2D eigenvalue weighted by atomic mass is 79.9. The van der Waals surface area contributed by atoms with E-state index in [1.54, 1.807) is 18.2 Å². The molecule has 0 heterocycles. The summed E-state index contributed by atoms with van der Waals surface area (Å²) in [7, 11) is -3.61. The summed E-state index contributed by atoms with van der Waals surface area (Å²) in [5.74, 6) is 0.302. The number of carbonyl (C=O) groups is 1. The average molecular weight is 455 g/mol. The zero-order chi connectivity index (χ0) is 20.0. The Morgan fingerprint density at radius 1 is 1.22 bits per heavy atom. The van der Waals surface area contributed by atoms with Crippen LogP contribution in [0.1, 0.15) is 18.1 Å². The minimum Gasteiger partial charge on any atom is -0.494 e. The minimum atomic E-state index is -3.61. The molecule has 0 spiro atoms. The second kappa shape index (κ2) is 9.23. The van der Waals surface area contributed by atoms with Gasteiger partial charge in [0.25, 0.3) is 0 Å². The molecule has 0 aliphatic heterocycles. The van der Waals surface area contributed by atoms with Crippen LogP contribution in [0.3, 0.4) is 0 Å². The van der Waals surface area contributed by atoms with Gasteiger partial charge in [0.2, 0.25) is 15.9 Å². The van der Waals surface area contributed by atoms with Crippen molar-refractivity contribution in [1.82, 2.24) is 5.32 Å². The highest BCUT2D eigenvalue weighted by Gasteiger charge is 2.21. The zero-order valence-corrected chi connectivity index (χ0v) is 17.9. The molecule has 0 aliphatic carbocycles. The van der Waals surface area contributed by atoms with Crippen LogP contribution in [-0.4, -0.2) is 33.7 Å². The molecule has 146 valence electrons. The molecular weight excluding hydrogens is 432 g/mol. The molecule has 0 atom stereocenters. The minimum absolute atomic E-state index is 0.256. The van der Waals surface area contributed by atoms with Crippen LogP contribution >= 0.6 is 15.9 Å². The lowest BCUT2D eigenvalue weighted by Crippen LogP contribution is -2.40. The van der Waals surface area contributed by atoms with Gasteiger partial charge < -0.3 is 10.1 Å². The molecule has 0 aliphatic rings. The Bertz CT molecular complexity index is 916. The van der Waals surface area contributed by atoms with Gasteiger partial charge in [-0.1, -0.05) is 34.1 Å². The van der Waals surface area contributed by atoms with Crippen LogP contribution < -0.4 is 14.4 Å². The number of benzene rings is 2. The van der Waals surface area contributed by atoms with Crippen molar-refractivity contribution in [2.45, 2.75) is 20.4 Å². The summed E-state index contributed by atoms with van der Waals surface area (Å²) in [5.41, 5.74) is 2.16. The van der Waals surface area contributed by atoms with E-state index in [9.17, 15) is 13.2 Å². The molecule has 0 saturated carbocycles. The van der Waals surface area contributed by atoms with Crippen LogP contribution in [0.25, 0.3) is 0 Å². The predicted octanol–water partition coefficient (Wildman–Crippen LogP) is 3.24. The largest absolute Gasteiger partial charge is 0.494 e. The van der Waals surface area contributed by atoms with E-state index in [1.807, 2.05) is 38.1 Å². The topological polar surface area (TPSA) is 75.7 Å². The van der Waals surface area contributed by atoms with Gasteiger partial charge in [-0.2, -0.15) is 0 Å². The van der Waals surface area contributed by atoms with Crippen molar-refractivity contribution in [2.75, 3.05) is 23.7 Å². The van der Waals surface area contributed by atoms with Crippen molar-refractivity contribution in [3.05, 3.63) is 58.1 Å². The van der Waals surface area contributed by atoms with Gasteiger partial charge in [0, 0.05) is 16.6 Å². The zero-order valence-electron chi connectivity index (χ0n) is 15.5. The molecule has 6 nitrogen and oxygen atoms in total. The van der Waals surface area contributed by atoms with Crippen LogP contribution in [0.4, 0.5) is 5.69 Å². The first-order chi connectivity index (χ1) is 12.7. The molecule has 1 N–H and O–H groups in total. The molecule has 0 bridgehead atoms. The molecular formula is C19H23BrN2O4S. The average Bonchev–Trinajstić information content (AvgIpc) is 2.61. The second-order valence-corrected chi connectivity index (χ2v) is 8.78. The van der Waals surface area contributed by atoms with E-state index in [2.05, 4.69) is 21.2 Å². The summed E-state index contributed by atoms with van der Waals surface area (Å²) < 4.78 is 31.9. The van der Waals surface area contributed by atoms with E-state index >= 15 is 0 Å². The summed E-state index contributed by atoms with van der Waals surface area (Å²) in [5, 5.41) is 2.76. The van der Waals surface area contributed by atoms with Crippen molar-refractivity contribution < 1.29 is 17.9 Å². The van der Waals surface area contributed by atoms with Crippen molar-refractivity contribution in [2.24, 2.45) is 0 Å². The Morgan fingerprint density at radius 2 is 1.93 bits per heavy atom. The van der Waals surface area contributed by atoms with Gasteiger partial charge in [-0.15, -0.1) is 0 Å². The number of ether oxygens (including phenoxy) is 1.